The van der Waals surface area contributed by atoms with E-state index in [9.17, 15) is 9.59 Å². The van der Waals surface area contributed by atoms with E-state index in [4.69, 9.17) is 0 Å². The first-order valence-corrected chi connectivity index (χ1v) is 24.3. The molecule has 0 N–H and O–H groups in total. The zero-order valence-electron chi connectivity index (χ0n) is 41.3. The Hall–Kier alpha value is -3.32. The van der Waals surface area contributed by atoms with Crippen molar-refractivity contribution in [2.45, 2.75) is 174 Å². The average Bonchev–Trinajstić information content (AvgIpc) is 3.23. The molecule has 0 amide bonds. The van der Waals surface area contributed by atoms with Crippen molar-refractivity contribution in [3.05, 3.63) is 105 Å². The van der Waals surface area contributed by atoms with E-state index in [1.807, 2.05) is 25.4 Å². The molecule has 63 heavy (non-hydrogen) atoms. The molecule has 11 heteroatoms. The number of piperidine rings is 3. The van der Waals surface area contributed by atoms with Crippen LogP contribution in [0.5, 0.6) is 0 Å². The van der Waals surface area contributed by atoms with Gasteiger partial charge in [-0.15, -0.1) is 0 Å². The summed E-state index contributed by atoms with van der Waals surface area (Å²) in [4.78, 5) is 41.4. The second kappa shape index (κ2) is 18.9. The molecule has 6 bridgehead atoms. The van der Waals surface area contributed by atoms with Crippen LogP contribution in [0.2, 0.25) is 0 Å². The van der Waals surface area contributed by atoms with Gasteiger partial charge in [-0.1, -0.05) is 25.6 Å². The maximum Gasteiger partial charge on any atom is 0.250 e. The number of likely N-dealkylation sites (tertiary alicyclic amines) is 6. The molecule has 0 aliphatic carbocycles. The molecule has 7 aliphatic rings. The molecule has 6 fully saturated rings. The van der Waals surface area contributed by atoms with E-state index < -0.39 is 0 Å². The summed E-state index contributed by atoms with van der Waals surface area (Å²) in [5, 5.41) is 0. The SMILES string of the molecule is C=C1C=CC(CN2C3CC2CN(C(C)(C)C)C3)=CN1CCC.CCn1cc(CN2C3CC2CN(C(C)(C)C)C3)ccc1=O.Cn1ccc(CN2C3CC2CN(C(C)(C)C)C3)cc1=O. The quantitative estimate of drug-likeness (QED) is 0.278. The number of aromatic nitrogens is 2. The van der Waals surface area contributed by atoms with Crippen molar-refractivity contribution in [3.8, 4) is 0 Å². The van der Waals surface area contributed by atoms with E-state index in [1.54, 1.807) is 28.3 Å². The molecule has 0 saturated carbocycles. The molecule has 6 unspecified atom stereocenters. The Morgan fingerprint density at radius 3 is 1.49 bits per heavy atom. The molecule has 2 aromatic heterocycles. The first-order valence-electron chi connectivity index (χ1n) is 24.3. The van der Waals surface area contributed by atoms with Gasteiger partial charge >= 0.3 is 0 Å². The van der Waals surface area contributed by atoms with Crippen LogP contribution in [0.4, 0.5) is 0 Å². The van der Waals surface area contributed by atoms with E-state index in [1.165, 1.54) is 56.6 Å². The maximum atomic E-state index is 11.7. The minimum absolute atomic E-state index is 0.0875. The summed E-state index contributed by atoms with van der Waals surface area (Å²) in [6, 6.07) is 11.7. The van der Waals surface area contributed by atoms with Gasteiger partial charge in [0.05, 0.1) is 0 Å². The predicted octanol–water partition coefficient (Wildman–Crippen LogP) is 6.59. The Morgan fingerprint density at radius 1 is 0.603 bits per heavy atom. The van der Waals surface area contributed by atoms with E-state index in [2.05, 4.69) is 135 Å². The van der Waals surface area contributed by atoms with Crippen LogP contribution in [0.25, 0.3) is 0 Å². The fourth-order valence-electron chi connectivity index (χ4n) is 10.9. The normalized spacial score (nSPS) is 27.9. The fourth-order valence-corrected chi connectivity index (χ4v) is 10.9. The monoisotopic (exact) mass is 866 g/mol. The number of rotatable bonds is 9. The molecule has 0 spiro atoms. The van der Waals surface area contributed by atoms with Crippen LogP contribution >= 0.6 is 0 Å². The number of piperazine rings is 3. The highest BCUT2D eigenvalue weighted by Gasteiger charge is 2.49. The van der Waals surface area contributed by atoms with Crippen LogP contribution in [0.15, 0.2) is 82.4 Å². The third-order valence-electron chi connectivity index (χ3n) is 15.2. The lowest BCUT2D eigenvalue weighted by molar-refractivity contribution is -0.0997. The van der Waals surface area contributed by atoms with Gasteiger partial charge in [0.1, 0.15) is 0 Å². The summed E-state index contributed by atoms with van der Waals surface area (Å²) < 4.78 is 3.42. The minimum atomic E-state index is 0.0875. The number of hydrogen-bond donors (Lipinski definition) is 0. The number of nitrogens with zero attached hydrogens (tertiary/aromatic N) is 9. The molecule has 7 aliphatic heterocycles. The highest BCUT2D eigenvalue weighted by Crippen LogP contribution is 2.39. The van der Waals surface area contributed by atoms with Crippen molar-refractivity contribution in [3.63, 3.8) is 0 Å². The largest absolute Gasteiger partial charge is 0.348 e. The molecule has 6 saturated heterocycles. The standard InChI is InChI=1S/C19H31N3.C17H27N3O.C16H25N3O/c1-6-9-20-11-16(8-7-15(20)2)12-22-17-10-18(22)14-21(13-17)19(3,4)5;1-5-18-9-13(6-7-16(18)21)10-20-14-8-15(20)12-19(11-14)17(2,3)4;1-16(2,3)18-10-13-8-14(11-18)19(13)9-12-5-6-17(4)15(20)7-12/h7-8,11,17-18H,2,6,9-10,12-14H2,1,3-5H3;6-7,9,14-15H,5,8,10-12H2,1-4H3;5-7,13-14H,8-11H2,1-4H3. The molecular formula is C52H83N9O2. The smallest absolute Gasteiger partial charge is 0.250 e. The lowest BCUT2D eigenvalue weighted by atomic mass is 9.84. The van der Waals surface area contributed by atoms with Crippen molar-refractivity contribution < 1.29 is 0 Å². The van der Waals surface area contributed by atoms with Crippen molar-refractivity contribution in [2.75, 3.05) is 52.4 Å². The number of pyridine rings is 2. The minimum Gasteiger partial charge on any atom is -0.348 e. The van der Waals surface area contributed by atoms with Gasteiger partial charge in [0, 0.05) is 168 Å². The fraction of sp³-hybridized carbons (Fsp3) is 0.692. The number of aryl methyl sites for hydroxylation is 2. The Bertz CT molecular complexity index is 2060. The van der Waals surface area contributed by atoms with Crippen molar-refractivity contribution in [2.24, 2.45) is 7.05 Å². The molecule has 0 radical (unpaired) electrons. The molecule has 11 nitrogen and oxygen atoms in total. The lowest BCUT2D eigenvalue weighted by Crippen LogP contribution is -2.71. The molecule has 9 heterocycles. The van der Waals surface area contributed by atoms with Crippen LogP contribution in [-0.2, 0) is 26.7 Å². The maximum absolute atomic E-state index is 11.7. The summed E-state index contributed by atoms with van der Waals surface area (Å²) in [6.45, 7) is 41.1. The molecule has 9 rings (SSSR count). The van der Waals surface area contributed by atoms with E-state index in [-0.39, 0.29) is 22.2 Å². The summed E-state index contributed by atoms with van der Waals surface area (Å²) in [5.74, 6) is 0. The Morgan fingerprint density at radius 2 is 1.06 bits per heavy atom. The molecule has 2 aromatic rings. The highest BCUT2D eigenvalue weighted by atomic mass is 16.1. The van der Waals surface area contributed by atoms with E-state index in [0.29, 0.717) is 29.7 Å². The van der Waals surface area contributed by atoms with Crippen LogP contribution in [-0.4, -0.2) is 149 Å². The van der Waals surface area contributed by atoms with Gasteiger partial charge in [0.15, 0.2) is 0 Å². The van der Waals surface area contributed by atoms with Crippen molar-refractivity contribution >= 4 is 0 Å². The number of fused-ring (bicyclic) bond motifs is 6. The topological polar surface area (TPSA) is 66.7 Å². The second-order valence-corrected chi connectivity index (χ2v) is 22.7. The van der Waals surface area contributed by atoms with Gasteiger partial charge in [-0.25, -0.2) is 0 Å². The molecular weight excluding hydrogens is 783 g/mol. The first-order chi connectivity index (χ1) is 29.6. The number of hydrogen-bond acceptors (Lipinski definition) is 9. The lowest BCUT2D eigenvalue weighted by Gasteiger charge is -2.59. The van der Waals surface area contributed by atoms with Gasteiger partial charge in [0.2, 0.25) is 0 Å². The van der Waals surface area contributed by atoms with Gasteiger partial charge in [0.25, 0.3) is 11.1 Å². The van der Waals surface area contributed by atoms with Gasteiger partial charge in [-0.2, -0.15) is 0 Å². The highest BCUT2D eigenvalue weighted by molar-refractivity contribution is 5.34. The molecule has 0 aromatic carbocycles. The summed E-state index contributed by atoms with van der Waals surface area (Å²) in [5.41, 5.74) is 6.00. The predicted molar refractivity (Wildman–Crippen MR) is 260 cm³/mol. The first kappa shape index (κ1) is 47.6. The Kier molecular flexibility index (Phi) is 14.3. The van der Waals surface area contributed by atoms with E-state index in [0.717, 1.165) is 75.6 Å². The second-order valence-electron chi connectivity index (χ2n) is 22.7. The Balaban J connectivity index is 0.000000142. The van der Waals surface area contributed by atoms with Crippen molar-refractivity contribution in [1.82, 2.24) is 43.4 Å². The van der Waals surface area contributed by atoms with Crippen LogP contribution < -0.4 is 11.1 Å². The zero-order chi connectivity index (χ0) is 45.6. The number of allylic oxidation sites excluding steroid dienone is 1. The summed E-state index contributed by atoms with van der Waals surface area (Å²) >= 11 is 0. The van der Waals surface area contributed by atoms with Crippen LogP contribution in [0.1, 0.15) is 113 Å². The van der Waals surface area contributed by atoms with Crippen LogP contribution in [0.3, 0.4) is 0 Å². The summed E-state index contributed by atoms with van der Waals surface area (Å²) in [7, 11) is 1.80. The van der Waals surface area contributed by atoms with Gasteiger partial charge in [-0.05, 0) is 124 Å². The summed E-state index contributed by atoms with van der Waals surface area (Å²) in [6.07, 6.45) is 15.8. The average molecular weight is 866 g/mol. The third-order valence-corrected chi connectivity index (χ3v) is 15.2. The van der Waals surface area contributed by atoms with Crippen molar-refractivity contribution in [1.29, 1.82) is 0 Å². The van der Waals surface area contributed by atoms with Gasteiger partial charge < -0.3 is 14.0 Å². The van der Waals surface area contributed by atoms with E-state index >= 15 is 0 Å². The third kappa shape index (κ3) is 11.0. The van der Waals surface area contributed by atoms with Crippen LogP contribution in [0, 0.1) is 0 Å². The molecule has 348 valence electrons. The zero-order valence-corrected chi connectivity index (χ0v) is 41.3. The Labute approximate surface area is 380 Å². The molecule has 6 atom stereocenters. The van der Waals surface area contributed by atoms with Gasteiger partial charge in [-0.3, -0.25) is 39.0 Å².